The van der Waals surface area contributed by atoms with Crippen molar-refractivity contribution in [3.8, 4) is 11.1 Å². The molecule has 0 radical (unpaired) electrons. The van der Waals surface area contributed by atoms with Crippen molar-refractivity contribution in [3.63, 3.8) is 0 Å². The fourth-order valence-electron chi connectivity index (χ4n) is 3.08. The summed E-state index contributed by atoms with van der Waals surface area (Å²) in [7, 11) is 0. The summed E-state index contributed by atoms with van der Waals surface area (Å²) in [5, 5.41) is 19.0. The number of hydrogen-bond acceptors (Lipinski definition) is 3. The molecule has 0 aliphatic carbocycles. The van der Waals surface area contributed by atoms with Crippen LogP contribution in [0.5, 0.6) is 0 Å². The minimum absolute atomic E-state index is 0.0663. The Kier molecular flexibility index (Phi) is 6.14. The van der Waals surface area contributed by atoms with Crippen LogP contribution < -0.4 is 0 Å². The molecule has 1 aromatic carbocycles. The largest absolute Gasteiger partial charge is 0.516 e. The lowest BCUT2D eigenvalue weighted by Crippen LogP contribution is -2.15. The first-order valence-corrected chi connectivity index (χ1v) is 8.63. The molecule has 138 valence electrons. The van der Waals surface area contributed by atoms with Crippen LogP contribution in [0.25, 0.3) is 11.1 Å². The summed E-state index contributed by atoms with van der Waals surface area (Å²) < 4.78 is 13.4. The van der Waals surface area contributed by atoms with Gasteiger partial charge in [-0.2, -0.15) is 0 Å². The van der Waals surface area contributed by atoms with Crippen molar-refractivity contribution in [1.82, 2.24) is 4.98 Å². The molecule has 1 aromatic heterocycles. The SMILES string of the molecule is CC(C)c1nc(C(C)C)c(C(=O)O)c(-c2ccc(F)cc2)c1CC=CO. The van der Waals surface area contributed by atoms with Crippen LogP contribution in [0.2, 0.25) is 0 Å². The van der Waals surface area contributed by atoms with Gasteiger partial charge >= 0.3 is 5.97 Å². The van der Waals surface area contributed by atoms with E-state index >= 15 is 0 Å². The highest BCUT2D eigenvalue weighted by molar-refractivity contribution is 5.98. The molecule has 0 unspecified atom stereocenters. The van der Waals surface area contributed by atoms with Crippen LogP contribution in [0, 0.1) is 5.82 Å². The fourth-order valence-corrected chi connectivity index (χ4v) is 3.08. The highest BCUT2D eigenvalue weighted by atomic mass is 19.1. The number of aromatic carboxylic acids is 1. The van der Waals surface area contributed by atoms with Gasteiger partial charge in [0.1, 0.15) is 5.82 Å². The molecule has 5 heteroatoms. The fraction of sp³-hybridized carbons (Fsp3) is 0.333. The summed E-state index contributed by atoms with van der Waals surface area (Å²) >= 11 is 0. The normalized spacial score (nSPS) is 11.7. The van der Waals surface area contributed by atoms with Crippen molar-refractivity contribution in [2.75, 3.05) is 0 Å². The number of aromatic nitrogens is 1. The van der Waals surface area contributed by atoms with Gasteiger partial charge in [-0.25, -0.2) is 9.18 Å². The Balaban J connectivity index is 2.97. The number of carboxylic acid groups (broad SMARTS) is 1. The average Bonchev–Trinajstić information content (AvgIpc) is 2.58. The molecule has 0 fully saturated rings. The van der Waals surface area contributed by atoms with Gasteiger partial charge < -0.3 is 10.2 Å². The maximum absolute atomic E-state index is 13.4. The van der Waals surface area contributed by atoms with Gasteiger partial charge in [0.05, 0.1) is 17.5 Å². The van der Waals surface area contributed by atoms with E-state index in [0.717, 1.165) is 17.5 Å². The maximum atomic E-state index is 13.4. The molecule has 0 saturated carbocycles. The first kappa shape index (κ1) is 19.6. The van der Waals surface area contributed by atoms with E-state index in [2.05, 4.69) is 4.98 Å². The molecule has 0 bridgehead atoms. The zero-order valence-corrected chi connectivity index (χ0v) is 15.5. The summed E-state index contributed by atoms with van der Waals surface area (Å²) in [4.78, 5) is 16.8. The Labute approximate surface area is 153 Å². The Hall–Kier alpha value is -2.69. The van der Waals surface area contributed by atoms with Crippen LogP contribution in [0.1, 0.15) is 66.8 Å². The van der Waals surface area contributed by atoms with Crippen LogP contribution in [-0.4, -0.2) is 21.2 Å². The third kappa shape index (κ3) is 3.93. The number of halogens is 1. The van der Waals surface area contributed by atoms with Gasteiger partial charge in [0.15, 0.2) is 0 Å². The second kappa shape index (κ2) is 8.13. The molecule has 0 aliphatic rings. The van der Waals surface area contributed by atoms with E-state index in [1.54, 1.807) is 18.2 Å². The Morgan fingerprint density at radius 2 is 1.69 bits per heavy atom. The van der Waals surface area contributed by atoms with Gasteiger partial charge in [0.2, 0.25) is 0 Å². The Bertz CT molecular complexity index is 824. The summed E-state index contributed by atoms with van der Waals surface area (Å²) in [5.74, 6) is -1.47. The molecule has 4 nitrogen and oxygen atoms in total. The minimum atomic E-state index is -1.06. The van der Waals surface area contributed by atoms with E-state index < -0.39 is 5.97 Å². The van der Waals surface area contributed by atoms with Crippen LogP contribution in [-0.2, 0) is 6.42 Å². The molecule has 26 heavy (non-hydrogen) atoms. The topological polar surface area (TPSA) is 70.4 Å². The first-order chi connectivity index (χ1) is 12.3. The summed E-state index contributed by atoms with van der Waals surface area (Å²) in [6.07, 6.45) is 2.83. The van der Waals surface area contributed by atoms with Gasteiger partial charge in [0.25, 0.3) is 0 Å². The molecule has 1 heterocycles. The van der Waals surface area contributed by atoms with Crippen LogP contribution in [0.3, 0.4) is 0 Å². The summed E-state index contributed by atoms with van der Waals surface area (Å²) in [6, 6.07) is 5.79. The molecular weight excluding hydrogens is 333 g/mol. The van der Waals surface area contributed by atoms with Crippen molar-refractivity contribution in [1.29, 1.82) is 0 Å². The first-order valence-electron chi connectivity index (χ1n) is 8.63. The average molecular weight is 357 g/mol. The third-order valence-electron chi connectivity index (χ3n) is 4.23. The predicted octanol–water partition coefficient (Wildman–Crippen LogP) is 5.45. The van der Waals surface area contributed by atoms with Gasteiger partial charge in [-0.3, -0.25) is 4.98 Å². The zero-order chi connectivity index (χ0) is 19.4. The van der Waals surface area contributed by atoms with E-state index in [0.29, 0.717) is 23.2 Å². The van der Waals surface area contributed by atoms with E-state index in [1.807, 2.05) is 27.7 Å². The smallest absolute Gasteiger partial charge is 0.338 e. The highest BCUT2D eigenvalue weighted by Gasteiger charge is 2.26. The number of hydrogen-bond donors (Lipinski definition) is 2. The van der Waals surface area contributed by atoms with E-state index in [9.17, 15) is 14.3 Å². The van der Waals surface area contributed by atoms with E-state index in [-0.39, 0.29) is 23.2 Å². The number of benzene rings is 1. The molecular formula is C21H24FNO3. The van der Waals surface area contributed by atoms with Gasteiger partial charge in [0, 0.05) is 11.3 Å². The molecule has 0 saturated heterocycles. The van der Waals surface area contributed by atoms with Crippen molar-refractivity contribution in [2.45, 2.75) is 46.0 Å². The lowest BCUT2D eigenvalue weighted by Gasteiger charge is -2.22. The molecule has 0 spiro atoms. The number of allylic oxidation sites excluding steroid dienone is 1. The number of rotatable bonds is 6. The third-order valence-corrected chi connectivity index (χ3v) is 4.23. The summed E-state index contributed by atoms with van der Waals surface area (Å²) in [6.45, 7) is 7.79. The minimum Gasteiger partial charge on any atom is -0.516 e. The van der Waals surface area contributed by atoms with E-state index in [4.69, 9.17) is 5.11 Å². The summed E-state index contributed by atoms with van der Waals surface area (Å²) in [5.41, 5.74) is 3.33. The van der Waals surface area contributed by atoms with Crippen molar-refractivity contribution in [2.24, 2.45) is 0 Å². The lowest BCUT2D eigenvalue weighted by molar-refractivity contribution is 0.0695. The van der Waals surface area contributed by atoms with Gasteiger partial charge in [-0.1, -0.05) is 39.8 Å². The molecule has 0 atom stereocenters. The molecule has 0 aliphatic heterocycles. The number of carbonyl (C=O) groups is 1. The maximum Gasteiger partial charge on any atom is 0.338 e. The van der Waals surface area contributed by atoms with Gasteiger partial charge in [-0.15, -0.1) is 0 Å². The van der Waals surface area contributed by atoms with Crippen molar-refractivity contribution in [3.05, 3.63) is 64.9 Å². The molecule has 0 amide bonds. The Morgan fingerprint density at radius 3 is 2.15 bits per heavy atom. The molecule has 2 rings (SSSR count). The van der Waals surface area contributed by atoms with Crippen molar-refractivity contribution >= 4 is 5.97 Å². The second-order valence-electron chi connectivity index (χ2n) is 6.82. The second-order valence-corrected chi connectivity index (χ2v) is 6.82. The highest BCUT2D eigenvalue weighted by Crippen LogP contribution is 2.37. The van der Waals surface area contributed by atoms with Crippen LogP contribution >= 0.6 is 0 Å². The lowest BCUT2D eigenvalue weighted by atomic mass is 9.86. The number of aliphatic hydroxyl groups excluding tert-OH is 1. The molecule has 2 N–H and O–H groups in total. The standard InChI is InChI=1S/C21H24FNO3/c1-12(2)19-16(6-5-11-24)17(14-7-9-15(22)10-8-14)18(21(25)26)20(23-19)13(3)4/h5,7-13,24H,6H2,1-4H3,(H,25,26). The quantitative estimate of drug-likeness (QED) is 0.675. The number of nitrogens with zero attached hydrogens (tertiary/aromatic N) is 1. The zero-order valence-electron chi connectivity index (χ0n) is 15.5. The number of aliphatic hydroxyl groups is 1. The number of pyridine rings is 1. The van der Waals surface area contributed by atoms with Crippen LogP contribution in [0.15, 0.2) is 36.6 Å². The van der Waals surface area contributed by atoms with Crippen molar-refractivity contribution < 1.29 is 19.4 Å². The molecule has 2 aromatic rings. The predicted molar refractivity (Wildman–Crippen MR) is 100 cm³/mol. The van der Waals surface area contributed by atoms with Gasteiger partial charge in [-0.05, 0) is 47.6 Å². The van der Waals surface area contributed by atoms with Crippen LogP contribution in [0.4, 0.5) is 4.39 Å². The monoisotopic (exact) mass is 357 g/mol. The van der Waals surface area contributed by atoms with E-state index in [1.165, 1.54) is 12.1 Å². The number of carboxylic acids is 1. The Morgan fingerprint density at radius 1 is 1.12 bits per heavy atom.